The fourth-order valence-corrected chi connectivity index (χ4v) is 5.28. The topological polar surface area (TPSA) is 101 Å². The molecule has 4 aromatic rings. The molecular weight excluding hydrogens is 490 g/mol. The van der Waals surface area contributed by atoms with Gasteiger partial charge in [0.05, 0.1) is 4.90 Å². The first-order valence-corrected chi connectivity index (χ1v) is 13.8. The molecule has 1 fully saturated rings. The highest BCUT2D eigenvalue weighted by molar-refractivity contribution is 7.82. The van der Waals surface area contributed by atoms with E-state index in [1.807, 2.05) is 17.0 Å². The Balaban J connectivity index is 1.27. The van der Waals surface area contributed by atoms with Gasteiger partial charge in [-0.15, -0.1) is 0 Å². The summed E-state index contributed by atoms with van der Waals surface area (Å²) < 4.78 is 15.8. The fourth-order valence-electron chi connectivity index (χ4n) is 4.29. The van der Waals surface area contributed by atoms with Crippen LogP contribution in [0.25, 0.3) is 11.4 Å². The number of carbonyl (C=O) groups excluding carboxylic acids is 1. The lowest BCUT2D eigenvalue weighted by Crippen LogP contribution is -2.38. The fraction of sp³-hybridized carbons (Fsp3) is 0.222. The minimum absolute atomic E-state index is 0.144. The third-order valence-corrected chi connectivity index (χ3v) is 7.66. The molecule has 184 valence electrons. The SMILES string of the molecule is NS(=O)c1ccc(-c2nsc(NC(=O)N(CCC(c3ccccc3)c3ccccc3)C3CC3)n2)cc1. The first-order chi connectivity index (χ1) is 17.6. The van der Waals surface area contributed by atoms with Crippen molar-refractivity contribution >= 4 is 33.7 Å². The number of hydrogen-bond donors (Lipinski definition) is 2. The van der Waals surface area contributed by atoms with Crippen LogP contribution in [0, 0.1) is 0 Å². The zero-order valence-corrected chi connectivity index (χ0v) is 21.3. The van der Waals surface area contributed by atoms with Gasteiger partial charge >= 0.3 is 6.03 Å². The molecule has 1 aromatic heterocycles. The molecule has 0 radical (unpaired) electrons. The summed E-state index contributed by atoms with van der Waals surface area (Å²) in [6.45, 7) is 0.647. The van der Waals surface area contributed by atoms with Crippen molar-refractivity contribution in [3.63, 3.8) is 0 Å². The van der Waals surface area contributed by atoms with Crippen LogP contribution in [0.5, 0.6) is 0 Å². The number of anilines is 1. The molecule has 1 aliphatic carbocycles. The molecule has 0 aliphatic heterocycles. The second-order valence-electron chi connectivity index (χ2n) is 8.76. The van der Waals surface area contributed by atoms with Gasteiger partial charge in [-0.25, -0.2) is 14.1 Å². The Morgan fingerprint density at radius 3 is 2.17 bits per heavy atom. The summed E-state index contributed by atoms with van der Waals surface area (Å²) in [5, 5.41) is 8.82. The summed E-state index contributed by atoms with van der Waals surface area (Å²) in [5.41, 5.74) is 3.27. The molecule has 36 heavy (non-hydrogen) atoms. The summed E-state index contributed by atoms with van der Waals surface area (Å²) in [6.07, 6.45) is 2.87. The molecule has 9 heteroatoms. The van der Waals surface area contributed by atoms with E-state index in [9.17, 15) is 9.00 Å². The Morgan fingerprint density at radius 1 is 1.00 bits per heavy atom. The Kier molecular flexibility index (Phi) is 7.50. The molecule has 1 heterocycles. The predicted molar refractivity (Wildman–Crippen MR) is 144 cm³/mol. The largest absolute Gasteiger partial charge is 0.323 e. The first kappa shape index (κ1) is 24.3. The lowest BCUT2D eigenvalue weighted by molar-refractivity contribution is 0.207. The summed E-state index contributed by atoms with van der Waals surface area (Å²) in [4.78, 5) is 20.2. The molecular formula is C27H27N5O2S2. The highest BCUT2D eigenvalue weighted by Crippen LogP contribution is 2.32. The Morgan fingerprint density at radius 2 is 1.61 bits per heavy atom. The van der Waals surface area contributed by atoms with Gasteiger partial charge in [-0.05, 0) is 54.7 Å². The highest BCUT2D eigenvalue weighted by Gasteiger charge is 2.33. The molecule has 7 nitrogen and oxygen atoms in total. The number of nitrogens with two attached hydrogens (primary N) is 1. The number of benzene rings is 3. The third kappa shape index (κ3) is 5.87. The Bertz CT molecular complexity index is 1290. The molecule has 1 saturated carbocycles. The van der Waals surface area contributed by atoms with E-state index in [0.29, 0.717) is 22.4 Å². The molecule has 1 unspecified atom stereocenters. The first-order valence-electron chi connectivity index (χ1n) is 11.9. The van der Waals surface area contributed by atoms with Crippen LogP contribution in [0.3, 0.4) is 0 Å². The molecule has 5 rings (SSSR count). The maximum absolute atomic E-state index is 13.3. The van der Waals surface area contributed by atoms with Crippen LogP contribution < -0.4 is 10.5 Å². The minimum Gasteiger partial charge on any atom is -0.321 e. The summed E-state index contributed by atoms with van der Waals surface area (Å²) in [7, 11) is -1.53. The van der Waals surface area contributed by atoms with E-state index >= 15 is 0 Å². The molecule has 0 spiro atoms. The second-order valence-corrected chi connectivity index (χ2v) is 10.6. The zero-order valence-electron chi connectivity index (χ0n) is 19.6. The number of urea groups is 1. The summed E-state index contributed by atoms with van der Waals surface area (Å²) in [6, 6.07) is 28.0. The van der Waals surface area contributed by atoms with Crippen LogP contribution in [-0.4, -0.2) is 37.1 Å². The predicted octanol–water partition coefficient (Wildman–Crippen LogP) is 5.40. The summed E-state index contributed by atoms with van der Waals surface area (Å²) >= 11 is 1.15. The van der Waals surface area contributed by atoms with Gasteiger partial charge in [0.15, 0.2) is 5.82 Å². The number of hydrogen-bond acceptors (Lipinski definition) is 5. The van der Waals surface area contributed by atoms with Crippen molar-refractivity contribution in [3.05, 3.63) is 96.1 Å². The van der Waals surface area contributed by atoms with Crippen molar-refractivity contribution in [3.8, 4) is 11.4 Å². The van der Waals surface area contributed by atoms with E-state index in [0.717, 1.165) is 36.4 Å². The van der Waals surface area contributed by atoms with Crippen molar-refractivity contribution in [2.24, 2.45) is 5.14 Å². The smallest absolute Gasteiger partial charge is 0.321 e. The van der Waals surface area contributed by atoms with Crippen molar-refractivity contribution in [2.75, 3.05) is 11.9 Å². The van der Waals surface area contributed by atoms with E-state index in [4.69, 9.17) is 5.14 Å². The number of rotatable bonds is 9. The quantitative estimate of drug-likeness (QED) is 0.310. The maximum atomic E-state index is 13.3. The van der Waals surface area contributed by atoms with E-state index in [1.54, 1.807) is 24.3 Å². The number of nitrogens with zero attached hydrogens (tertiary/aromatic N) is 3. The zero-order chi connectivity index (χ0) is 24.9. The van der Waals surface area contributed by atoms with Crippen molar-refractivity contribution in [2.45, 2.75) is 36.1 Å². The van der Waals surface area contributed by atoms with E-state index in [2.05, 4.69) is 63.2 Å². The molecule has 1 atom stereocenters. The van der Waals surface area contributed by atoms with E-state index in [-0.39, 0.29) is 18.0 Å². The molecule has 0 saturated heterocycles. The third-order valence-electron chi connectivity index (χ3n) is 6.30. The van der Waals surface area contributed by atoms with Gasteiger partial charge in [0, 0.05) is 35.6 Å². The van der Waals surface area contributed by atoms with Crippen LogP contribution in [0.2, 0.25) is 0 Å². The van der Waals surface area contributed by atoms with Crippen LogP contribution in [0.4, 0.5) is 9.93 Å². The van der Waals surface area contributed by atoms with Crippen LogP contribution in [0.1, 0.15) is 36.3 Å². The van der Waals surface area contributed by atoms with Gasteiger partial charge in [-0.3, -0.25) is 5.32 Å². The van der Waals surface area contributed by atoms with Crippen LogP contribution >= 0.6 is 11.5 Å². The number of aromatic nitrogens is 2. The van der Waals surface area contributed by atoms with E-state index in [1.165, 1.54) is 11.1 Å². The van der Waals surface area contributed by atoms with Gasteiger partial charge in [0.2, 0.25) is 5.13 Å². The molecule has 2 amide bonds. The average molecular weight is 518 g/mol. The monoisotopic (exact) mass is 517 g/mol. The molecule has 3 aromatic carbocycles. The van der Waals surface area contributed by atoms with Crippen molar-refractivity contribution < 1.29 is 9.00 Å². The Hall–Kier alpha value is -3.40. The number of amides is 2. The Labute approximate surface area is 217 Å². The minimum atomic E-state index is -1.53. The molecule has 0 bridgehead atoms. The van der Waals surface area contributed by atoms with Gasteiger partial charge in [-0.1, -0.05) is 60.7 Å². The van der Waals surface area contributed by atoms with Crippen molar-refractivity contribution in [1.29, 1.82) is 0 Å². The average Bonchev–Trinajstić information content (AvgIpc) is 3.65. The summed E-state index contributed by atoms with van der Waals surface area (Å²) in [5.74, 6) is 0.719. The van der Waals surface area contributed by atoms with Gasteiger partial charge in [0.1, 0.15) is 11.0 Å². The number of carbonyl (C=O) groups is 1. The van der Waals surface area contributed by atoms with Crippen molar-refractivity contribution in [1.82, 2.24) is 14.3 Å². The molecule has 3 N–H and O–H groups in total. The lowest BCUT2D eigenvalue weighted by atomic mass is 9.88. The lowest BCUT2D eigenvalue weighted by Gasteiger charge is -2.26. The van der Waals surface area contributed by atoms with Crippen LogP contribution in [-0.2, 0) is 11.0 Å². The second kappa shape index (κ2) is 11.1. The van der Waals surface area contributed by atoms with Gasteiger partial charge in [0.25, 0.3) is 0 Å². The van der Waals surface area contributed by atoms with E-state index < -0.39 is 11.0 Å². The van der Waals surface area contributed by atoms with Gasteiger partial charge < -0.3 is 4.90 Å². The normalized spacial score (nSPS) is 13.9. The van der Waals surface area contributed by atoms with Gasteiger partial charge in [-0.2, -0.15) is 9.36 Å². The number of nitrogens with one attached hydrogen (secondary N) is 1. The standard InChI is InChI=1S/C27H27N5O2S2/c28-36(34)23-15-11-21(12-16-23)25-29-26(35-31-25)30-27(33)32(22-13-14-22)18-17-24(19-7-3-1-4-8-19)20-9-5-2-6-10-20/h1-12,15-16,22,24H,13-14,17-18,28H2,(H,29,30,31,33). The highest BCUT2D eigenvalue weighted by atomic mass is 32.2. The van der Waals surface area contributed by atoms with Crippen LogP contribution in [0.15, 0.2) is 89.8 Å². The maximum Gasteiger partial charge on any atom is 0.323 e. The molecule has 1 aliphatic rings.